The van der Waals surface area contributed by atoms with Gasteiger partial charge < -0.3 is 9.47 Å². The zero-order chi connectivity index (χ0) is 19.2. The highest BCUT2D eigenvalue weighted by Gasteiger charge is 2.16. The van der Waals surface area contributed by atoms with E-state index >= 15 is 0 Å². The SMILES string of the molecule is CC(C)(C)OC(=O)Nc1cccc(C#Cc2ccc(OC(F)F)cc2)c1. The van der Waals surface area contributed by atoms with E-state index in [2.05, 4.69) is 21.9 Å². The molecule has 2 aromatic carbocycles. The quantitative estimate of drug-likeness (QED) is 0.782. The minimum absolute atomic E-state index is 0.0779. The van der Waals surface area contributed by atoms with E-state index in [1.165, 1.54) is 12.1 Å². The summed E-state index contributed by atoms with van der Waals surface area (Å²) in [7, 11) is 0. The van der Waals surface area contributed by atoms with Gasteiger partial charge in [0.2, 0.25) is 0 Å². The lowest BCUT2D eigenvalue weighted by Crippen LogP contribution is -2.27. The fourth-order valence-corrected chi connectivity index (χ4v) is 1.96. The van der Waals surface area contributed by atoms with Crippen molar-refractivity contribution < 1.29 is 23.0 Å². The number of amides is 1. The van der Waals surface area contributed by atoms with Crippen LogP contribution in [0.2, 0.25) is 0 Å². The molecule has 0 bridgehead atoms. The van der Waals surface area contributed by atoms with Crippen molar-refractivity contribution in [3.8, 4) is 17.6 Å². The molecule has 0 heterocycles. The Labute approximate surface area is 151 Å². The maximum Gasteiger partial charge on any atom is 0.412 e. The lowest BCUT2D eigenvalue weighted by molar-refractivity contribution is -0.0498. The van der Waals surface area contributed by atoms with Crippen LogP contribution in [0.3, 0.4) is 0 Å². The van der Waals surface area contributed by atoms with Crippen LogP contribution < -0.4 is 10.1 Å². The molecule has 1 amide bonds. The summed E-state index contributed by atoms with van der Waals surface area (Å²) in [6, 6.07) is 13.0. The summed E-state index contributed by atoms with van der Waals surface area (Å²) in [4.78, 5) is 11.8. The first-order valence-corrected chi connectivity index (χ1v) is 7.88. The molecular weight excluding hydrogens is 340 g/mol. The van der Waals surface area contributed by atoms with Gasteiger partial charge in [-0.15, -0.1) is 0 Å². The molecule has 2 aromatic rings. The Morgan fingerprint density at radius 1 is 1.04 bits per heavy atom. The second-order valence-electron chi connectivity index (χ2n) is 6.36. The highest BCUT2D eigenvalue weighted by atomic mass is 19.3. The third kappa shape index (κ3) is 6.81. The summed E-state index contributed by atoms with van der Waals surface area (Å²) in [5.74, 6) is 5.95. The molecule has 0 aliphatic heterocycles. The van der Waals surface area contributed by atoms with Crippen molar-refractivity contribution in [3.05, 3.63) is 59.7 Å². The van der Waals surface area contributed by atoms with Crippen molar-refractivity contribution in [2.75, 3.05) is 5.32 Å². The fraction of sp³-hybridized carbons (Fsp3) is 0.250. The van der Waals surface area contributed by atoms with Gasteiger partial charge in [-0.1, -0.05) is 17.9 Å². The number of ether oxygens (including phenoxy) is 2. The molecule has 0 fully saturated rings. The highest BCUT2D eigenvalue weighted by molar-refractivity contribution is 5.85. The van der Waals surface area contributed by atoms with E-state index in [4.69, 9.17) is 4.74 Å². The minimum atomic E-state index is -2.85. The summed E-state index contributed by atoms with van der Waals surface area (Å²) >= 11 is 0. The average molecular weight is 359 g/mol. The number of anilines is 1. The van der Waals surface area contributed by atoms with Gasteiger partial charge in [0.15, 0.2) is 0 Å². The molecule has 0 saturated heterocycles. The molecule has 6 heteroatoms. The second-order valence-corrected chi connectivity index (χ2v) is 6.36. The number of alkyl halides is 2. The number of benzene rings is 2. The van der Waals surface area contributed by atoms with Crippen LogP contribution in [0.4, 0.5) is 19.3 Å². The van der Waals surface area contributed by atoms with Crippen molar-refractivity contribution in [3.63, 3.8) is 0 Å². The largest absolute Gasteiger partial charge is 0.444 e. The zero-order valence-corrected chi connectivity index (χ0v) is 14.7. The van der Waals surface area contributed by atoms with Crippen LogP contribution in [0.25, 0.3) is 0 Å². The topological polar surface area (TPSA) is 47.6 Å². The number of halogens is 2. The summed E-state index contributed by atoms with van der Waals surface area (Å²) < 4.78 is 33.7. The Bertz CT molecular complexity index is 815. The fourth-order valence-electron chi connectivity index (χ4n) is 1.96. The summed E-state index contributed by atoms with van der Waals surface area (Å²) in [5.41, 5.74) is 1.32. The van der Waals surface area contributed by atoms with E-state index in [1.54, 1.807) is 57.2 Å². The summed E-state index contributed by atoms with van der Waals surface area (Å²) in [6.45, 7) is 2.50. The molecule has 0 spiro atoms. The van der Waals surface area contributed by atoms with Crippen molar-refractivity contribution in [1.82, 2.24) is 0 Å². The predicted molar refractivity (Wildman–Crippen MR) is 95.4 cm³/mol. The van der Waals surface area contributed by atoms with E-state index in [0.717, 1.165) is 0 Å². The van der Waals surface area contributed by atoms with Crippen LogP contribution in [0.15, 0.2) is 48.5 Å². The van der Waals surface area contributed by atoms with Crippen molar-refractivity contribution in [2.24, 2.45) is 0 Å². The molecule has 0 aliphatic rings. The Balaban J connectivity index is 2.05. The normalized spacial score (nSPS) is 10.7. The number of carbonyl (C=O) groups excluding carboxylic acids is 1. The third-order valence-corrected chi connectivity index (χ3v) is 2.94. The molecule has 136 valence electrons. The molecule has 1 N–H and O–H groups in total. The van der Waals surface area contributed by atoms with Crippen LogP contribution in [0.1, 0.15) is 31.9 Å². The van der Waals surface area contributed by atoms with E-state index in [0.29, 0.717) is 16.8 Å². The Hall–Kier alpha value is -3.07. The van der Waals surface area contributed by atoms with Gasteiger partial charge in [0.05, 0.1) is 0 Å². The Morgan fingerprint density at radius 3 is 2.31 bits per heavy atom. The predicted octanol–water partition coefficient (Wildman–Crippen LogP) is 5.03. The lowest BCUT2D eigenvalue weighted by Gasteiger charge is -2.19. The molecule has 26 heavy (non-hydrogen) atoms. The van der Waals surface area contributed by atoms with E-state index < -0.39 is 18.3 Å². The van der Waals surface area contributed by atoms with Gasteiger partial charge in [-0.05, 0) is 63.2 Å². The van der Waals surface area contributed by atoms with Crippen molar-refractivity contribution in [2.45, 2.75) is 33.0 Å². The van der Waals surface area contributed by atoms with Gasteiger partial charge in [-0.25, -0.2) is 4.79 Å². The van der Waals surface area contributed by atoms with Crippen molar-refractivity contribution in [1.29, 1.82) is 0 Å². The van der Waals surface area contributed by atoms with Gasteiger partial charge >= 0.3 is 12.7 Å². The number of nitrogens with one attached hydrogen (secondary N) is 1. The first-order valence-electron chi connectivity index (χ1n) is 7.88. The number of hydrogen-bond acceptors (Lipinski definition) is 3. The smallest absolute Gasteiger partial charge is 0.412 e. The number of carbonyl (C=O) groups is 1. The van der Waals surface area contributed by atoms with Gasteiger partial charge in [-0.2, -0.15) is 8.78 Å². The van der Waals surface area contributed by atoms with Crippen LogP contribution in [-0.4, -0.2) is 18.3 Å². The maximum absolute atomic E-state index is 12.1. The minimum Gasteiger partial charge on any atom is -0.444 e. The van der Waals surface area contributed by atoms with Gasteiger partial charge in [0, 0.05) is 16.8 Å². The van der Waals surface area contributed by atoms with Crippen molar-refractivity contribution >= 4 is 11.8 Å². The van der Waals surface area contributed by atoms with Gasteiger partial charge in [0.1, 0.15) is 11.4 Å². The van der Waals surface area contributed by atoms with Crippen LogP contribution in [-0.2, 0) is 4.74 Å². The Morgan fingerprint density at radius 2 is 1.69 bits per heavy atom. The molecule has 0 aromatic heterocycles. The Kier molecular flexibility index (Phi) is 6.18. The first kappa shape index (κ1) is 19.3. The van der Waals surface area contributed by atoms with E-state index in [9.17, 15) is 13.6 Å². The third-order valence-electron chi connectivity index (χ3n) is 2.94. The first-order chi connectivity index (χ1) is 12.2. The number of hydrogen-bond donors (Lipinski definition) is 1. The van der Waals surface area contributed by atoms with E-state index in [-0.39, 0.29) is 5.75 Å². The standard InChI is InChI=1S/C20H19F2NO3/c1-20(2,3)26-19(24)23-16-6-4-5-15(13-16)8-7-14-9-11-17(12-10-14)25-18(21)22/h4-6,9-13,18H,1-3H3,(H,23,24). The molecule has 0 radical (unpaired) electrons. The maximum atomic E-state index is 12.1. The van der Waals surface area contributed by atoms with Crippen LogP contribution >= 0.6 is 0 Å². The molecule has 0 saturated carbocycles. The molecule has 0 unspecified atom stereocenters. The average Bonchev–Trinajstić information content (AvgIpc) is 2.52. The molecule has 0 atom stereocenters. The second kappa shape index (κ2) is 8.34. The summed E-state index contributed by atoms with van der Waals surface area (Å²) in [5, 5.41) is 2.65. The monoisotopic (exact) mass is 359 g/mol. The molecule has 4 nitrogen and oxygen atoms in total. The van der Waals surface area contributed by atoms with Gasteiger partial charge in [-0.3, -0.25) is 5.32 Å². The highest BCUT2D eigenvalue weighted by Crippen LogP contribution is 2.15. The zero-order valence-electron chi connectivity index (χ0n) is 14.7. The van der Waals surface area contributed by atoms with Crippen LogP contribution in [0, 0.1) is 11.8 Å². The van der Waals surface area contributed by atoms with E-state index in [1.807, 2.05) is 0 Å². The van der Waals surface area contributed by atoms with Crippen LogP contribution in [0.5, 0.6) is 5.75 Å². The van der Waals surface area contributed by atoms with Gasteiger partial charge in [0.25, 0.3) is 0 Å². The lowest BCUT2D eigenvalue weighted by atomic mass is 10.1. The number of rotatable bonds is 3. The molecule has 2 rings (SSSR count). The molecule has 0 aliphatic carbocycles. The molecular formula is C20H19F2NO3. The summed E-state index contributed by atoms with van der Waals surface area (Å²) in [6.07, 6.45) is -0.544.